The molecule has 0 bridgehead atoms. The minimum absolute atomic E-state index is 0.169. The molecule has 0 saturated heterocycles. The van der Waals surface area contributed by atoms with E-state index in [1.165, 1.54) is 0 Å². The van der Waals surface area contributed by atoms with E-state index in [1.807, 2.05) is 5.32 Å². The summed E-state index contributed by atoms with van der Waals surface area (Å²) in [7, 11) is 0. The van der Waals surface area contributed by atoms with Crippen LogP contribution in [0.15, 0.2) is 33.5 Å². The molecule has 1 saturated carbocycles. The van der Waals surface area contributed by atoms with Gasteiger partial charge in [0.25, 0.3) is 17.4 Å². The fraction of sp³-hybridized carbons (Fsp3) is 0.364. The van der Waals surface area contributed by atoms with E-state index >= 15 is 0 Å². The molecule has 2 amide bonds. The van der Waals surface area contributed by atoms with Crippen molar-refractivity contribution < 1.29 is 29.7 Å². The zero-order valence-electron chi connectivity index (χ0n) is 17.6. The number of aromatic nitrogens is 1. The summed E-state index contributed by atoms with van der Waals surface area (Å²) in [5.74, 6) is -5.16. The van der Waals surface area contributed by atoms with Crippen molar-refractivity contribution in [3.8, 4) is 11.6 Å². The second kappa shape index (κ2) is 10.5. The fourth-order valence-electron chi connectivity index (χ4n) is 3.80. The van der Waals surface area contributed by atoms with Crippen LogP contribution < -0.4 is 16.2 Å². The van der Waals surface area contributed by atoms with E-state index in [9.17, 15) is 29.4 Å². The minimum Gasteiger partial charge on any atom is -0.506 e. The molecule has 11 heteroatoms. The SMILES string of the molecule is O=C(O)CNC(=O)c1c(O)c(C(=O)NC2CCCCC2)c(O)n(Cc2ccccc2Br)c1=O. The van der Waals surface area contributed by atoms with Gasteiger partial charge in [0.1, 0.15) is 17.7 Å². The van der Waals surface area contributed by atoms with Crippen LogP contribution in [0.5, 0.6) is 11.6 Å². The van der Waals surface area contributed by atoms with Crippen molar-refractivity contribution >= 4 is 33.7 Å². The maximum Gasteiger partial charge on any atom is 0.322 e. The summed E-state index contributed by atoms with van der Waals surface area (Å²) in [4.78, 5) is 49.5. The van der Waals surface area contributed by atoms with Gasteiger partial charge < -0.3 is 26.0 Å². The van der Waals surface area contributed by atoms with Crippen molar-refractivity contribution in [2.45, 2.75) is 44.7 Å². The van der Waals surface area contributed by atoms with Gasteiger partial charge in [-0.25, -0.2) is 0 Å². The quantitative estimate of drug-likeness (QED) is 0.372. The predicted octanol–water partition coefficient (Wildman–Crippen LogP) is 1.95. The van der Waals surface area contributed by atoms with E-state index in [0.29, 0.717) is 10.0 Å². The average molecular weight is 522 g/mol. The van der Waals surface area contributed by atoms with Crippen LogP contribution in [0.4, 0.5) is 0 Å². The number of aliphatic carboxylic acids is 1. The molecule has 0 unspecified atom stereocenters. The van der Waals surface area contributed by atoms with Crippen LogP contribution in [-0.4, -0.2) is 50.3 Å². The Morgan fingerprint density at radius 2 is 1.70 bits per heavy atom. The van der Waals surface area contributed by atoms with Crippen molar-refractivity contribution in [2.24, 2.45) is 0 Å². The van der Waals surface area contributed by atoms with Crippen molar-refractivity contribution in [3.05, 3.63) is 55.8 Å². The first-order chi connectivity index (χ1) is 15.7. The van der Waals surface area contributed by atoms with Gasteiger partial charge in [0, 0.05) is 10.5 Å². The third-order valence-electron chi connectivity index (χ3n) is 5.49. The van der Waals surface area contributed by atoms with Gasteiger partial charge in [-0.1, -0.05) is 53.4 Å². The minimum atomic E-state index is -1.36. The molecule has 5 N–H and O–H groups in total. The lowest BCUT2D eigenvalue weighted by atomic mass is 9.95. The Morgan fingerprint density at radius 3 is 2.33 bits per heavy atom. The molecule has 1 aromatic heterocycles. The van der Waals surface area contributed by atoms with Crippen LogP contribution in [-0.2, 0) is 11.3 Å². The Labute approximate surface area is 197 Å². The standard InChI is InChI=1S/C22H24BrN3O7/c23-14-9-5-4-6-12(14)11-26-21(32)16(19(30)24-10-15(27)28)18(29)17(22(26)33)20(31)25-13-7-2-1-3-8-13/h4-6,9,13,29,33H,1-3,7-8,10-11H2,(H,24,30)(H,25,31)(H,27,28). The maximum atomic E-state index is 13.1. The number of carbonyl (C=O) groups is 3. The lowest BCUT2D eigenvalue weighted by Gasteiger charge is -2.24. The normalized spacial score (nSPS) is 14.0. The van der Waals surface area contributed by atoms with E-state index in [2.05, 4.69) is 21.2 Å². The summed E-state index contributed by atoms with van der Waals surface area (Å²) in [6.07, 6.45) is 4.36. The maximum absolute atomic E-state index is 13.1. The molecule has 1 fully saturated rings. The second-order valence-electron chi connectivity index (χ2n) is 7.79. The third kappa shape index (κ3) is 5.54. The Kier molecular flexibility index (Phi) is 7.75. The summed E-state index contributed by atoms with van der Waals surface area (Å²) >= 11 is 3.35. The number of halogens is 1. The number of aromatic hydroxyl groups is 2. The molecule has 0 aliphatic heterocycles. The highest BCUT2D eigenvalue weighted by atomic mass is 79.9. The Morgan fingerprint density at radius 1 is 1.03 bits per heavy atom. The van der Waals surface area contributed by atoms with Crippen molar-refractivity contribution in [2.75, 3.05) is 6.54 Å². The molecular weight excluding hydrogens is 498 g/mol. The number of carboxylic acids is 1. The number of hydrogen-bond donors (Lipinski definition) is 5. The van der Waals surface area contributed by atoms with Gasteiger partial charge in [0.05, 0.1) is 6.54 Å². The van der Waals surface area contributed by atoms with Crippen LogP contribution in [0.3, 0.4) is 0 Å². The zero-order chi connectivity index (χ0) is 24.1. The fourth-order valence-corrected chi connectivity index (χ4v) is 4.21. The number of benzene rings is 1. The lowest BCUT2D eigenvalue weighted by molar-refractivity contribution is -0.135. The molecule has 2 aromatic rings. The molecular formula is C22H24BrN3O7. The van der Waals surface area contributed by atoms with Crippen LogP contribution in [0.2, 0.25) is 0 Å². The Hall–Kier alpha value is -3.34. The smallest absolute Gasteiger partial charge is 0.322 e. The Bertz CT molecular complexity index is 1140. The largest absolute Gasteiger partial charge is 0.506 e. The monoisotopic (exact) mass is 521 g/mol. The van der Waals surface area contributed by atoms with Crippen LogP contribution in [0.25, 0.3) is 0 Å². The Balaban J connectivity index is 2.10. The highest BCUT2D eigenvalue weighted by Gasteiger charge is 2.31. The number of carbonyl (C=O) groups excluding carboxylic acids is 2. The lowest BCUT2D eigenvalue weighted by Crippen LogP contribution is -2.39. The van der Waals surface area contributed by atoms with Gasteiger partial charge >= 0.3 is 5.97 Å². The number of nitrogens with zero attached hydrogens (tertiary/aromatic N) is 1. The second-order valence-corrected chi connectivity index (χ2v) is 8.64. The van der Waals surface area contributed by atoms with E-state index in [1.54, 1.807) is 24.3 Å². The van der Waals surface area contributed by atoms with E-state index < -0.39 is 52.6 Å². The molecule has 176 valence electrons. The molecule has 1 aromatic carbocycles. The van der Waals surface area contributed by atoms with Gasteiger partial charge in [-0.05, 0) is 24.5 Å². The predicted molar refractivity (Wildman–Crippen MR) is 122 cm³/mol. The molecule has 33 heavy (non-hydrogen) atoms. The van der Waals surface area contributed by atoms with Gasteiger partial charge in [-0.3, -0.25) is 23.7 Å². The summed E-state index contributed by atoms with van der Waals surface area (Å²) < 4.78 is 1.42. The van der Waals surface area contributed by atoms with Crippen molar-refractivity contribution in [3.63, 3.8) is 0 Å². The summed E-state index contributed by atoms with van der Waals surface area (Å²) in [5, 5.41) is 35.1. The van der Waals surface area contributed by atoms with E-state index in [0.717, 1.165) is 36.7 Å². The topological polar surface area (TPSA) is 158 Å². The molecule has 0 radical (unpaired) electrons. The van der Waals surface area contributed by atoms with Crippen molar-refractivity contribution in [1.29, 1.82) is 0 Å². The number of carboxylic acid groups (broad SMARTS) is 1. The zero-order valence-corrected chi connectivity index (χ0v) is 19.2. The summed E-state index contributed by atoms with van der Waals surface area (Å²) in [6, 6.07) is 6.68. The number of pyridine rings is 1. The van der Waals surface area contributed by atoms with Crippen LogP contribution >= 0.6 is 15.9 Å². The van der Waals surface area contributed by atoms with Crippen LogP contribution in [0.1, 0.15) is 58.4 Å². The van der Waals surface area contributed by atoms with Gasteiger partial charge in [0.15, 0.2) is 5.75 Å². The van der Waals surface area contributed by atoms with Crippen LogP contribution in [0, 0.1) is 0 Å². The molecule has 1 aliphatic rings. The molecule has 10 nitrogen and oxygen atoms in total. The number of rotatable bonds is 7. The van der Waals surface area contributed by atoms with E-state index in [-0.39, 0.29) is 12.6 Å². The van der Waals surface area contributed by atoms with E-state index in [4.69, 9.17) is 5.11 Å². The summed E-state index contributed by atoms with van der Waals surface area (Å²) in [5.41, 5.74) is -1.95. The third-order valence-corrected chi connectivity index (χ3v) is 6.27. The molecule has 0 spiro atoms. The summed E-state index contributed by atoms with van der Waals surface area (Å²) in [6.45, 7) is -1.01. The highest BCUT2D eigenvalue weighted by molar-refractivity contribution is 9.10. The molecule has 3 rings (SSSR count). The number of nitrogens with one attached hydrogen (secondary N) is 2. The van der Waals surface area contributed by atoms with Crippen molar-refractivity contribution in [1.82, 2.24) is 15.2 Å². The molecule has 0 atom stereocenters. The average Bonchev–Trinajstić information content (AvgIpc) is 2.77. The first-order valence-electron chi connectivity index (χ1n) is 10.4. The number of amides is 2. The van der Waals surface area contributed by atoms with Gasteiger partial charge in [-0.15, -0.1) is 0 Å². The first-order valence-corrected chi connectivity index (χ1v) is 11.2. The number of hydrogen-bond acceptors (Lipinski definition) is 6. The van der Waals surface area contributed by atoms with Gasteiger partial charge in [-0.2, -0.15) is 0 Å². The molecule has 1 heterocycles. The highest BCUT2D eigenvalue weighted by Crippen LogP contribution is 2.30. The first kappa shape index (κ1) is 24.3. The van der Waals surface area contributed by atoms with Gasteiger partial charge in [0.2, 0.25) is 5.88 Å². The molecule has 1 aliphatic carbocycles.